The maximum atomic E-state index is 9.54. The highest BCUT2D eigenvalue weighted by Gasteiger charge is 2.08. The van der Waals surface area contributed by atoms with E-state index in [4.69, 9.17) is 5.11 Å². The predicted octanol–water partition coefficient (Wildman–Crippen LogP) is 3.20. The third-order valence-corrected chi connectivity index (χ3v) is 3.36. The van der Waals surface area contributed by atoms with Crippen molar-refractivity contribution in [2.75, 3.05) is 11.9 Å². The van der Waals surface area contributed by atoms with Crippen molar-refractivity contribution in [2.24, 2.45) is 0 Å². The minimum Gasteiger partial charge on any atom is -0.508 e. The van der Waals surface area contributed by atoms with Gasteiger partial charge in [0.25, 0.3) is 0 Å². The molecule has 0 aliphatic rings. The monoisotopic (exact) mass is 287 g/mol. The van der Waals surface area contributed by atoms with Gasteiger partial charge in [0.05, 0.1) is 0 Å². The predicted molar refractivity (Wildman–Crippen MR) is 83.7 cm³/mol. The van der Waals surface area contributed by atoms with E-state index in [1.807, 2.05) is 25.1 Å². The number of hydrogen-bond donors (Lipinski definition) is 4. The summed E-state index contributed by atoms with van der Waals surface area (Å²) in [5.41, 5.74) is 2.95. The van der Waals surface area contributed by atoms with Crippen molar-refractivity contribution < 1.29 is 15.3 Å². The van der Waals surface area contributed by atoms with E-state index in [1.54, 1.807) is 12.1 Å². The standard InChI is InChI=1S/C17H21NO3/c1-12(14-9-16(20)11-17(21)10-14)18-15-6-2-4-13(8-15)5-3-7-19/h2,4,6,8-12,18-21H,3,5,7H2,1H3. The summed E-state index contributed by atoms with van der Waals surface area (Å²) in [6, 6.07) is 12.6. The van der Waals surface area contributed by atoms with Crippen LogP contribution in [0.3, 0.4) is 0 Å². The molecular formula is C17H21NO3. The van der Waals surface area contributed by atoms with Gasteiger partial charge in [-0.1, -0.05) is 12.1 Å². The molecule has 0 radical (unpaired) electrons. The Hall–Kier alpha value is -2.20. The molecule has 0 fully saturated rings. The van der Waals surface area contributed by atoms with Crippen LogP contribution < -0.4 is 5.32 Å². The minimum absolute atomic E-state index is 0.0453. The van der Waals surface area contributed by atoms with Crippen LogP contribution in [0.4, 0.5) is 5.69 Å². The first-order valence-electron chi connectivity index (χ1n) is 7.08. The van der Waals surface area contributed by atoms with Crippen LogP contribution in [-0.4, -0.2) is 21.9 Å². The van der Waals surface area contributed by atoms with Crippen molar-refractivity contribution in [2.45, 2.75) is 25.8 Å². The van der Waals surface area contributed by atoms with Gasteiger partial charge < -0.3 is 20.6 Å². The Morgan fingerprint density at radius 3 is 2.43 bits per heavy atom. The number of aryl methyl sites for hydroxylation is 1. The van der Waals surface area contributed by atoms with Gasteiger partial charge >= 0.3 is 0 Å². The number of phenolic OH excluding ortho intramolecular Hbond substituents is 2. The number of anilines is 1. The normalized spacial score (nSPS) is 12.1. The number of rotatable bonds is 6. The Morgan fingerprint density at radius 2 is 1.76 bits per heavy atom. The Labute approximate surface area is 124 Å². The summed E-state index contributed by atoms with van der Waals surface area (Å²) >= 11 is 0. The molecule has 0 bridgehead atoms. The molecule has 1 atom stereocenters. The molecule has 1 unspecified atom stereocenters. The third-order valence-electron chi connectivity index (χ3n) is 3.36. The molecule has 2 aromatic rings. The fourth-order valence-corrected chi connectivity index (χ4v) is 2.30. The smallest absolute Gasteiger partial charge is 0.119 e. The molecular weight excluding hydrogens is 266 g/mol. The number of benzene rings is 2. The maximum Gasteiger partial charge on any atom is 0.119 e. The van der Waals surface area contributed by atoms with Crippen LogP contribution in [0.15, 0.2) is 42.5 Å². The van der Waals surface area contributed by atoms with E-state index >= 15 is 0 Å². The summed E-state index contributed by atoms with van der Waals surface area (Å²) in [6.45, 7) is 2.16. The van der Waals surface area contributed by atoms with E-state index in [0.717, 1.165) is 24.1 Å². The van der Waals surface area contributed by atoms with Gasteiger partial charge in [-0.3, -0.25) is 0 Å². The second-order valence-corrected chi connectivity index (χ2v) is 5.18. The Morgan fingerprint density at radius 1 is 1.05 bits per heavy atom. The highest BCUT2D eigenvalue weighted by molar-refractivity contribution is 5.49. The number of phenols is 2. The zero-order valence-corrected chi connectivity index (χ0v) is 12.1. The minimum atomic E-state index is -0.0453. The zero-order valence-electron chi connectivity index (χ0n) is 12.1. The zero-order chi connectivity index (χ0) is 15.2. The molecule has 0 saturated heterocycles. The number of hydrogen-bond acceptors (Lipinski definition) is 4. The van der Waals surface area contributed by atoms with Gasteiger partial charge in [-0.25, -0.2) is 0 Å². The lowest BCUT2D eigenvalue weighted by Gasteiger charge is -2.17. The highest BCUT2D eigenvalue weighted by Crippen LogP contribution is 2.27. The van der Waals surface area contributed by atoms with E-state index < -0.39 is 0 Å². The van der Waals surface area contributed by atoms with E-state index in [0.29, 0.717) is 0 Å². The fraction of sp³-hybridized carbons (Fsp3) is 0.294. The van der Waals surface area contributed by atoms with Crippen LogP contribution in [0.5, 0.6) is 11.5 Å². The molecule has 0 spiro atoms. The summed E-state index contributed by atoms with van der Waals surface area (Å²) in [4.78, 5) is 0. The van der Waals surface area contributed by atoms with Crippen LogP contribution in [0.25, 0.3) is 0 Å². The molecule has 0 aromatic heterocycles. The van der Waals surface area contributed by atoms with Crippen LogP contribution in [0, 0.1) is 0 Å². The maximum absolute atomic E-state index is 9.54. The summed E-state index contributed by atoms with van der Waals surface area (Å²) in [7, 11) is 0. The Bertz CT molecular complexity index is 578. The van der Waals surface area contributed by atoms with Crippen LogP contribution in [0.2, 0.25) is 0 Å². The van der Waals surface area contributed by atoms with Gasteiger partial charge in [0.1, 0.15) is 11.5 Å². The molecule has 21 heavy (non-hydrogen) atoms. The van der Waals surface area contributed by atoms with Crippen molar-refractivity contribution in [1.29, 1.82) is 0 Å². The van der Waals surface area contributed by atoms with Gasteiger partial charge in [0.15, 0.2) is 0 Å². The van der Waals surface area contributed by atoms with Gasteiger partial charge in [-0.05, 0) is 55.2 Å². The number of nitrogens with one attached hydrogen (secondary N) is 1. The van der Waals surface area contributed by atoms with Crippen LogP contribution in [-0.2, 0) is 6.42 Å². The van der Waals surface area contributed by atoms with E-state index in [-0.39, 0.29) is 24.1 Å². The average molecular weight is 287 g/mol. The second-order valence-electron chi connectivity index (χ2n) is 5.18. The first kappa shape index (κ1) is 15.2. The summed E-state index contributed by atoms with van der Waals surface area (Å²) in [5.74, 6) is 0.102. The molecule has 2 aromatic carbocycles. The van der Waals surface area contributed by atoms with E-state index in [2.05, 4.69) is 11.4 Å². The molecule has 4 heteroatoms. The van der Waals surface area contributed by atoms with Crippen molar-refractivity contribution in [3.05, 3.63) is 53.6 Å². The molecule has 0 aliphatic heterocycles. The van der Waals surface area contributed by atoms with Gasteiger partial charge in [0.2, 0.25) is 0 Å². The lowest BCUT2D eigenvalue weighted by atomic mass is 10.1. The fourth-order valence-electron chi connectivity index (χ4n) is 2.30. The highest BCUT2D eigenvalue weighted by atomic mass is 16.3. The lowest BCUT2D eigenvalue weighted by Crippen LogP contribution is -2.06. The molecule has 4 N–H and O–H groups in total. The quantitative estimate of drug-likeness (QED) is 0.658. The first-order valence-corrected chi connectivity index (χ1v) is 7.08. The summed E-state index contributed by atoms with van der Waals surface area (Å²) in [6.07, 6.45) is 1.59. The van der Waals surface area contributed by atoms with Crippen molar-refractivity contribution in [3.63, 3.8) is 0 Å². The van der Waals surface area contributed by atoms with Crippen molar-refractivity contribution >= 4 is 5.69 Å². The largest absolute Gasteiger partial charge is 0.508 e. The molecule has 0 heterocycles. The average Bonchev–Trinajstić information content (AvgIpc) is 2.44. The van der Waals surface area contributed by atoms with Crippen molar-refractivity contribution in [1.82, 2.24) is 0 Å². The second kappa shape index (κ2) is 6.99. The Kier molecular flexibility index (Phi) is 5.06. The van der Waals surface area contributed by atoms with Crippen LogP contribution in [0.1, 0.15) is 30.5 Å². The molecule has 2 rings (SSSR count). The molecule has 112 valence electrons. The number of aliphatic hydroxyl groups is 1. The first-order chi connectivity index (χ1) is 10.1. The SMILES string of the molecule is CC(Nc1cccc(CCCO)c1)c1cc(O)cc(O)c1. The molecule has 4 nitrogen and oxygen atoms in total. The number of aliphatic hydroxyl groups excluding tert-OH is 1. The van der Waals surface area contributed by atoms with Crippen LogP contribution >= 0.6 is 0 Å². The molecule has 0 saturated carbocycles. The van der Waals surface area contributed by atoms with E-state index in [9.17, 15) is 10.2 Å². The third kappa shape index (κ3) is 4.39. The van der Waals surface area contributed by atoms with Crippen molar-refractivity contribution in [3.8, 4) is 11.5 Å². The molecule has 0 aliphatic carbocycles. The number of aromatic hydroxyl groups is 2. The van der Waals surface area contributed by atoms with Gasteiger partial charge in [-0.15, -0.1) is 0 Å². The lowest BCUT2D eigenvalue weighted by molar-refractivity contribution is 0.288. The van der Waals surface area contributed by atoms with Gasteiger partial charge in [0, 0.05) is 24.4 Å². The summed E-state index contributed by atoms with van der Waals surface area (Å²) < 4.78 is 0. The van der Waals surface area contributed by atoms with E-state index in [1.165, 1.54) is 11.6 Å². The Balaban J connectivity index is 2.09. The molecule has 0 amide bonds. The van der Waals surface area contributed by atoms with Gasteiger partial charge in [-0.2, -0.15) is 0 Å². The summed E-state index contributed by atoms with van der Waals surface area (Å²) in [5, 5.41) is 31.3. The topological polar surface area (TPSA) is 72.7 Å².